The summed E-state index contributed by atoms with van der Waals surface area (Å²) in [6.07, 6.45) is 5.38. The van der Waals surface area contributed by atoms with Crippen LogP contribution in [0.4, 0.5) is 4.79 Å². The van der Waals surface area contributed by atoms with E-state index in [1.807, 2.05) is 24.3 Å². The molecule has 0 saturated heterocycles. The summed E-state index contributed by atoms with van der Waals surface area (Å²) in [5, 5.41) is 14.5. The quantitative estimate of drug-likeness (QED) is 0.362. The average Bonchev–Trinajstić information content (AvgIpc) is 3.59. The molecule has 2 aliphatic rings. The number of hydrogen-bond acceptors (Lipinski definition) is 4. The molecule has 2 amide bonds. The lowest BCUT2D eigenvalue weighted by atomic mass is 9.98. The van der Waals surface area contributed by atoms with Crippen molar-refractivity contribution in [1.82, 2.24) is 10.6 Å². The number of amides is 2. The predicted octanol–water partition coefficient (Wildman–Crippen LogP) is 4.70. The molecular formula is C28H34N2O5. The minimum atomic E-state index is -0.766. The Hall–Kier alpha value is -3.35. The first-order chi connectivity index (χ1) is 17.0. The summed E-state index contributed by atoms with van der Waals surface area (Å²) in [6, 6.07) is 16.6. The monoisotopic (exact) mass is 478 g/mol. The van der Waals surface area contributed by atoms with Gasteiger partial charge in [-0.05, 0) is 47.4 Å². The van der Waals surface area contributed by atoms with Gasteiger partial charge in [0, 0.05) is 25.4 Å². The van der Waals surface area contributed by atoms with Gasteiger partial charge >= 0.3 is 12.1 Å². The molecule has 0 bridgehead atoms. The molecule has 35 heavy (non-hydrogen) atoms. The molecule has 0 radical (unpaired) electrons. The number of benzene rings is 2. The van der Waals surface area contributed by atoms with Gasteiger partial charge < -0.3 is 20.5 Å². The largest absolute Gasteiger partial charge is 0.481 e. The van der Waals surface area contributed by atoms with E-state index in [1.165, 1.54) is 22.3 Å². The standard InChI is InChI=1S/C28H34N2O5/c31-26(30-17-19-16-24(19)27(32)33)14-4-2-1-3-9-15-29-28(34)35-18-25-22-12-7-5-10-20(22)21-11-6-8-13-23(21)25/h5-8,10-13,19,24-25H,1-4,9,14-18H2,(H,29,34)(H,30,31)(H,32,33)/t19-,24-/m1/s1. The summed E-state index contributed by atoms with van der Waals surface area (Å²) in [7, 11) is 0. The van der Waals surface area contributed by atoms with Crippen molar-refractivity contribution < 1.29 is 24.2 Å². The number of carbonyl (C=O) groups is 3. The number of unbranched alkanes of at least 4 members (excludes halogenated alkanes) is 4. The molecule has 0 heterocycles. The van der Waals surface area contributed by atoms with Gasteiger partial charge in [0.05, 0.1) is 5.92 Å². The van der Waals surface area contributed by atoms with Gasteiger partial charge in [-0.2, -0.15) is 0 Å². The lowest BCUT2D eigenvalue weighted by molar-refractivity contribution is -0.139. The van der Waals surface area contributed by atoms with Gasteiger partial charge in [-0.3, -0.25) is 9.59 Å². The molecule has 1 fully saturated rings. The van der Waals surface area contributed by atoms with Crippen molar-refractivity contribution in [3.05, 3.63) is 59.7 Å². The Balaban J connectivity index is 1.03. The van der Waals surface area contributed by atoms with Crippen LogP contribution >= 0.6 is 0 Å². The maximum Gasteiger partial charge on any atom is 0.407 e. The number of fused-ring (bicyclic) bond motifs is 3. The fourth-order valence-electron chi connectivity index (χ4n) is 4.89. The van der Waals surface area contributed by atoms with E-state index >= 15 is 0 Å². The number of carbonyl (C=O) groups excluding carboxylic acids is 2. The molecular weight excluding hydrogens is 444 g/mol. The summed E-state index contributed by atoms with van der Waals surface area (Å²) in [4.78, 5) is 34.8. The third-order valence-electron chi connectivity index (χ3n) is 6.99. The summed E-state index contributed by atoms with van der Waals surface area (Å²) in [6.45, 7) is 1.36. The maximum absolute atomic E-state index is 12.2. The van der Waals surface area contributed by atoms with Gasteiger partial charge in [0.25, 0.3) is 0 Å². The molecule has 2 aliphatic carbocycles. The highest BCUT2D eigenvalue weighted by Gasteiger charge is 2.42. The highest BCUT2D eigenvalue weighted by molar-refractivity contribution is 5.79. The molecule has 0 spiro atoms. The van der Waals surface area contributed by atoms with Crippen LogP contribution in [-0.4, -0.2) is 42.8 Å². The molecule has 0 aromatic heterocycles. The van der Waals surface area contributed by atoms with E-state index in [1.54, 1.807) is 0 Å². The highest BCUT2D eigenvalue weighted by atomic mass is 16.5. The first kappa shape index (κ1) is 24.8. The Bertz CT molecular complexity index is 1010. The molecule has 2 aromatic rings. The van der Waals surface area contributed by atoms with Gasteiger partial charge in [0.15, 0.2) is 0 Å². The van der Waals surface area contributed by atoms with E-state index in [0.29, 0.717) is 32.5 Å². The maximum atomic E-state index is 12.2. The van der Waals surface area contributed by atoms with E-state index in [4.69, 9.17) is 9.84 Å². The molecule has 7 nitrogen and oxygen atoms in total. The Kier molecular flexibility index (Phi) is 8.40. The molecule has 2 atom stereocenters. The second kappa shape index (κ2) is 11.9. The molecule has 1 saturated carbocycles. The zero-order chi connectivity index (χ0) is 24.6. The van der Waals surface area contributed by atoms with Crippen LogP contribution in [0.25, 0.3) is 11.1 Å². The van der Waals surface area contributed by atoms with E-state index in [2.05, 4.69) is 34.9 Å². The first-order valence-corrected chi connectivity index (χ1v) is 12.6. The van der Waals surface area contributed by atoms with Crippen molar-refractivity contribution in [3.63, 3.8) is 0 Å². The summed E-state index contributed by atoms with van der Waals surface area (Å²) in [5.74, 6) is -0.888. The smallest absolute Gasteiger partial charge is 0.407 e. The summed E-state index contributed by atoms with van der Waals surface area (Å²) >= 11 is 0. The van der Waals surface area contributed by atoms with Crippen LogP contribution in [0.2, 0.25) is 0 Å². The zero-order valence-electron chi connectivity index (χ0n) is 20.0. The minimum absolute atomic E-state index is 0.00189. The van der Waals surface area contributed by atoms with Crippen LogP contribution in [-0.2, 0) is 14.3 Å². The predicted molar refractivity (Wildman–Crippen MR) is 133 cm³/mol. The number of carboxylic acids is 1. The molecule has 7 heteroatoms. The second-order valence-corrected chi connectivity index (χ2v) is 9.51. The normalized spacial score (nSPS) is 17.8. The van der Waals surface area contributed by atoms with Crippen LogP contribution in [0.15, 0.2) is 48.5 Å². The van der Waals surface area contributed by atoms with Crippen LogP contribution in [0.3, 0.4) is 0 Å². The Morgan fingerprint density at radius 2 is 1.49 bits per heavy atom. The van der Waals surface area contributed by atoms with E-state index < -0.39 is 5.97 Å². The Morgan fingerprint density at radius 3 is 2.14 bits per heavy atom. The number of alkyl carbamates (subject to hydrolysis) is 1. The topological polar surface area (TPSA) is 105 Å². The van der Waals surface area contributed by atoms with Crippen LogP contribution in [0.5, 0.6) is 0 Å². The van der Waals surface area contributed by atoms with E-state index in [0.717, 1.165) is 32.1 Å². The molecule has 4 rings (SSSR count). The van der Waals surface area contributed by atoms with Gasteiger partial charge in [0.1, 0.15) is 6.61 Å². The van der Waals surface area contributed by atoms with E-state index in [9.17, 15) is 14.4 Å². The summed E-state index contributed by atoms with van der Waals surface area (Å²) < 4.78 is 5.55. The van der Waals surface area contributed by atoms with Crippen molar-refractivity contribution in [2.75, 3.05) is 19.7 Å². The van der Waals surface area contributed by atoms with Gasteiger partial charge in [-0.15, -0.1) is 0 Å². The molecule has 0 aliphatic heterocycles. The number of rotatable bonds is 13. The molecule has 2 aromatic carbocycles. The molecule has 0 unspecified atom stereocenters. The lowest BCUT2D eigenvalue weighted by Gasteiger charge is -2.14. The van der Waals surface area contributed by atoms with Gasteiger partial charge in [-0.1, -0.05) is 67.8 Å². The third-order valence-corrected chi connectivity index (χ3v) is 6.99. The van der Waals surface area contributed by atoms with Crippen molar-refractivity contribution in [3.8, 4) is 11.1 Å². The van der Waals surface area contributed by atoms with Gasteiger partial charge in [-0.25, -0.2) is 4.79 Å². The average molecular weight is 479 g/mol. The fourth-order valence-corrected chi connectivity index (χ4v) is 4.89. The fraction of sp³-hybridized carbons (Fsp3) is 0.464. The SMILES string of the molecule is O=C(CCCCCCCNC(=O)OCC1c2ccccc2-c2ccccc21)NC[C@H]1C[C@H]1C(=O)O. The minimum Gasteiger partial charge on any atom is -0.481 e. The highest BCUT2D eigenvalue weighted by Crippen LogP contribution is 2.44. The Labute approximate surface area is 206 Å². The number of nitrogens with one attached hydrogen (secondary N) is 2. The lowest BCUT2D eigenvalue weighted by Crippen LogP contribution is -2.27. The number of hydrogen-bond donors (Lipinski definition) is 3. The van der Waals surface area contributed by atoms with Crippen LogP contribution in [0, 0.1) is 11.8 Å². The van der Waals surface area contributed by atoms with Gasteiger partial charge in [0.2, 0.25) is 5.91 Å². The molecule has 3 N–H and O–H groups in total. The van der Waals surface area contributed by atoms with Crippen molar-refractivity contribution in [2.45, 2.75) is 50.9 Å². The zero-order valence-corrected chi connectivity index (χ0v) is 20.0. The summed E-state index contributed by atoms with van der Waals surface area (Å²) in [5.41, 5.74) is 4.83. The Morgan fingerprint density at radius 1 is 0.857 bits per heavy atom. The van der Waals surface area contributed by atoms with Crippen LogP contribution < -0.4 is 10.6 Å². The molecule has 186 valence electrons. The van der Waals surface area contributed by atoms with Crippen molar-refractivity contribution in [1.29, 1.82) is 0 Å². The number of carboxylic acid groups (broad SMARTS) is 1. The van der Waals surface area contributed by atoms with Crippen molar-refractivity contribution >= 4 is 18.0 Å². The number of ether oxygens (including phenoxy) is 1. The number of aliphatic carboxylic acids is 1. The van der Waals surface area contributed by atoms with Crippen molar-refractivity contribution in [2.24, 2.45) is 11.8 Å². The van der Waals surface area contributed by atoms with E-state index in [-0.39, 0.29) is 29.8 Å². The van der Waals surface area contributed by atoms with Crippen LogP contribution in [0.1, 0.15) is 62.0 Å². The third kappa shape index (κ3) is 6.62. The first-order valence-electron chi connectivity index (χ1n) is 12.6. The second-order valence-electron chi connectivity index (χ2n) is 9.51.